The number of hydrogen-bond acceptors (Lipinski definition) is 3. The molecule has 0 fully saturated rings. The Balaban J connectivity index is 2.18. The second-order valence-electron chi connectivity index (χ2n) is 6.15. The fraction of sp³-hybridized carbons (Fsp3) is 0.867. The molecule has 0 atom stereocenters. The smallest absolute Gasteiger partial charge is 0.0673 e. The third-order valence-electron chi connectivity index (χ3n) is 3.87. The molecular formula is C15H30N2O. The maximum atomic E-state index is 5.64. The molecule has 0 aromatic rings. The molecule has 3 nitrogen and oxygen atoms in total. The Bertz CT molecular complexity index is 261. The van der Waals surface area contributed by atoms with Crippen molar-refractivity contribution >= 4 is 0 Å². The Kier molecular flexibility index (Phi) is 6.90. The molecule has 1 aliphatic heterocycles. The summed E-state index contributed by atoms with van der Waals surface area (Å²) in [5, 5.41) is 0. The first-order valence-electron chi connectivity index (χ1n) is 7.16. The average Bonchev–Trinajstić information content (AvgIpc) is 2.31. The third kappa shape index (κ3) is 5.98. The van der Waals surface area contributed by atoms with Crippen LogP contribution in [0.4, 0.5) is 0 Å². The number of nitrogens with two attached hydrogens (primary N) is 1. The topological polar surface area (TPSA) is 38.5 Å². The lowest BCUT2D eigenvalue weighted by Gasteiger charge is -2.29. The molecule has 0 bridgehead atoms. The zero-order valence-corrected chi connectivity index (χ0v) is 12.4. The summed E-state index contributed by atoms with van der Waals surface area (Å²) in [5.41, 5.74) is 7.50. The van der Waals surface area contributed by atoms with Crippen LogP contribution in [0.2, 0.25) is 0 Å². The molecule has 2 N–H and O–H groups in total. The van der Waals surface area contributed by atoms with Crippen LogP contribution in [0.25, 0.3) is 0 Å². The van der Waals surface area contributed by atoms with Crippen molar-refractivity contribution < 1.29 is 4.74 Å². The number of ether oxygens (including phenoxy) is 1. The molecule has 0 radical (unpaired) electrons. The maximum Gasteiger partial charge on any atom is 0.0673 e. The first-order valence-corrected chi connectivity index (χ1v) is 7.16. The van der Waals surface area contributed by atoms with E-state index in [0.29, 0.717) is 5.41 Å². The van der Waals surface area contributed by atoms with Gasteiger partial charge in [0, 0.05) is 20.2 Å². The van der Waals surface area contributed by atoms with Crippen molar-refractivity contribution in [3.63, 3.8) is 0 Å². The second-order valence-corrected chi connectivity index (χ2v) is 6.15. The van der Waals surface area contributed by atoms with E-state index in [9.17, 15) is 0 Å². The van der Waals surface area contributed by atoms with Crippen molar-refractivity contribution in [1.29, 1.82) is 0 Å². The fourth-order valence-corrected chi connectivity index (χ4v) is 2.57. The van der Waals surface area contributed by atoms with Gasteiger partial charge in [0.05, 0.1) is 6.61 Å². The number of nitrogens with zero attached hydrogens (tertiary/aromatic N) is 1. The molecule has 0 aromatic heterocycles. The highest BCUT2D eigenvalue weighted by molar-refractivity contribution is 5.07. The van der Waals surface area contributed by atoms with Crippen LogP contribution >= 0.6 is 0 Å². The van der Waals surface area contributed by atoms with Crippen LogP contribution in [0.15, 0.2) is 11.6 Å². The highest BCUT2D eigenvalue weighted by Gasteiger charge is 2.17. The molecule has 0 aliphatic carbocycles. The van der Waals surface area contributed by atoms with Crippen molar-refractivity contribution in [2.24, 2.45) is 11.1 Å². The zero-order valence-electron chi connectivity index (χ0n) is 12.4. The van der Waals surface area contributed by atoms with Gasteiger partial charge in [-0.05, 0) is 49.8 Å². The predicted octanol–water partition coefficient (Wildman–Crippen LogP) is 2.42. The van der Waals surface area contributed by atoms with Crippen molar-refractivity contribution in [2.75, 3.05) is 39.9 Å². The lowest BCUT2D eigenvalue weighted by molar-refractivity contribution is 0.207. The third-order valence-corrected chi connectivity index (χ3v) is 3.87. The van der Waals surface area contributed by atoms with Gasteiger partial charge in [-0.2, -0.15) is 0 Å². The average molecular weight is 254 g/mol. The monoisotopic (exact) mass is 254 g/mol. The predicted molar refractivity (Wildman–Crippen MR) is 77.7 cm³/mol. The Hall–Kier alpha value is -0.380. The summed E-state index contributed by atoms with van der Waals surface area (Å²) in [4.78, 5) is 2.54. The molecule has 0 saturated carbocycles. The molecule has 0 aromatic carbocycles. The van der Waals surface area contributed by atoms with Crippen molar-refractivity contribution in [2.45, 2.75) is 39.5 Å². The molecule has 1 rings (SSSR count). The number of rotatable bonds is 8. The molecule has 0 spiro atoms. The van der Waals surface area contributed by atoms with E-state index in [1.165, 1.54) is 37.9 Å². The minimum absolute atomic E-state index is 0.404. The first kappa shape index (κ1) is 15.7. The van der Waals surface area contributed by atoms with Crippen LogP contribution in [0, 0.1) is 5.41 Å². The molecule has 0 unspecified atom stereocenters. The lowest BCUT2D eigenvalue weighted by Crippen LogP contribution is -2.31. The van der Waals surface area contributed by atoms with Crippen LogP contribution in [0.3, 0.4) is 0 Å². The van der Waals surface area contributed by atoms with Gasteiger partial charge in [-0.1, -0.05) is 19.9 Å². The molecule has 1 heterocycles. The minimum atomic E-state index is 0.404. The highest BCUT2D eigenvalue weighted by Crippen LogP contribution is 2.26. The molecular weight excluding hydrogens is 224 g/mol. The zero-order chi connectivity index (χ0) is 13.4. The van der Waals surface area contributed by atoms with E-state index in [4.69, 9.17) is 10.5 Å². The summed E-state index contributed by atoms with van der Waals surface area (Å²) in [6, 6.07) is 0. The van der Waals surface area contributed by atoms with Crippen LogP contribution in [-0.2, 0) is 4.74 Å². The van der Waals surface area contributed by atoms with Gasteiger partial charge in [-0.15, -0.1) is 0 Å². The summed E-state index contributed by atoms with van der Waals surface area (Å²) in [7, 11) is 1.77. The summed E-state index contributed by atoms with van der Waals surface area (Å²) >= 11 is 0. The van der Waals surface area contributed by atoms with E-state index < -0.39 is 0 Å². The molecule has 0 saturated heterocycles. The van der Waals surface area contributed by atoms with Crippen molar-refractivity contribution in [3.05, 3.63) is 11.6 Å². The van der Waals surface area contributed by atoms with Crippen molar-refractivity contribution in [3.8, 4) is 0 Å². The largest absolute Gasteiger partial charge is 0.380 e. The Labute approximate surface area is 112 Å². The van der Waals surface area contributed by atoms with Gasteiger partial charge in [0.2, 0.25) is 0 Å². The van der Waals surface area contributed by atoms with E-state index in [2.05, 4.69) is 24.8 Å². The molecule has 0 amide bonds. The maximum absolute atomic E-state index is 5.64. The van der Waals surface area contributed by atoms with Gasteiger partial charge >= 0.3 is 0 Å². The normalized spacial score (nSPS) is 17.9. The van der Waals surface area contributed by atoms with Gasteiger partial charge in [0.25, 0.3) is 0 Å². The van der Waals surface area contributed by atoms with Gasteiger partial charge in [-0.3, -0.25) is 4.90 Å². The Morgan fingerprint density at radius 1 is 1.39 bits per heavy atom. The van der Waals surface area contributed by atoms with Crippen molar-refractivity contribution in [1.82, 2.24) is 4.90 Å². The van der Waals surface area contributed by atoms with Gasteiger partial charge in [-0.25, -0.2) is 0 Å². The summed E-state index contributed by atoms with van der Waals surface area (Å²) in [6.07, 6.45) is 7.18. The number of hydrogen-bond donors (Lipinski definition) is 1. The van der Waals surface area contributed by atoms with Gasteiger partial charge in [0.15, 0.2) is 0 Å². The SMILES string of the molecule is COCC1=CCN(CCCC(C)(C)CCN)CC1. The van der Waals surface area contributed by atoms with Crippen LogP contribution < -0.4 is 5.73 Å². The molecule has 18 heavy (non-hydrogen) atoms. The van der Waals surface area contributed by atoms with E-state index in [-0.39, 0.29) is 0 Å². The van der Waals surface area contributed by atoms with Gasteiger partial charge < -0.3 is 10.5 Å². The van der Waals surface area contributed by atoms with E-state index in [1.54, 1.807) is 7.11 Å². The molecule has 1 aliphatic rings. The van der Waals surface area contributed by atoms with E-state index in [0.717, 1.165) is 26.1 Å². The quantitative estimate of drug-likeness (QED) is 0.676. The first-order chi connectivity index (χ1) is 8.57. The van der Waals surface area contributed by atoms with Crippen LogP contribution in [0.5, 0.6) is 0 Å². The standard InChI is InChI=1S/C15H30N2O/c1-15(2,8-9-16)7-4-10-17-11-5-14(6-12-17)13-18-3/h5H,4,6-13,16H2,1-3H3. The molecule has 3 heteroatoms. The van der Waals surface area contributed by atoms with E-state index in [1.807, 2.05) is 0 Å². The Morgan fingerprint density at radius 2 is 2.17 bits per heavy atom. The Morgan fingerprint density at radius 3 is 2.72 bits per heavy atom. The summed E-state index contributed by atoms with van der Waals surface area (Å²) < 4.78 is 5.17. The fourth-order valence-electron chi connectivity index (χ4n) is 2.57. The van der Waals surface area contributed by atoms with E-state index >= 15 is 0 Å². The lowest BCUT2D eigenvalue weighted by atomic mass is 9.84. The van der Waals surface area contributed by atoms with Crippen LogP contribution in [-0.4, -0.2) is 44.8 Å². The van der Waals surface area contributed by atoms with Gasteiger partial charge in [0.1, 0.15) is 0 Å². The molecule has 106 valence electrons. The number of methoxy groups -OCH3 is 1. The summed E-state index contributed by atoms with van der Waals surface area (Å²) in [6.45, 7) is 9.75. The summed E-state index contributed by atoms with van der Waals surface area (Å²) in [5.74, 6) is 0. The van der Waals surface area contributed by atoms with Crippen LogP contribution in [0.1, 0.15) is 39.5 Å². The highest BCUT2D eigenvalue weighted by atomic mass is 16.5. The second kappa shape index (κ2) is 7.93. The minimum Gasteiger partial charge on any atom is -0.380 e.